The highest BCUT2D eigenvalue weighted by molar-refractivity contribution is 7.92. The number of nitrogens with zero attached hydrogens (tertiary/aromatic N) is 2. The van der Waals surface area contributed by atoms with Gasteiger partial charge in [0.05, 0.1) is 11.9 Å². The Hall–Kier alpha value is -2.29. The first-order valence-corrected chi connectivity index (χ1v) is 14.9. The lowest BCUT2D eigenvalue weighted by molar-refractivity contribution is -0.141. The van der Waals surface area contributed by atoms with Gasteiger partial charge in [-0.3, -0.25) is 13.9 Å². The van der Waals surface area contributed by atoms with Gasteiger partial charge in [0.15, 0.2) is 0 Å². The fourth-order valence-electron chi connectivity index (χ4n) is 4.02. The summed E-state index contributed by atoms with van der Waals surface area (Å²) in [5, 5.41) is 3.77. The van der Waals surface area contributed by atoms with Crippen LogP contribution >= 0.6 is 23.2 Å². The van der Waals surface area contributed by atoms with E-state index >= 15 is 0 Å². The van der Waals surface area contributed by atoms with Crippen molar-refractivity contribution >= 4 is 50.7 Å². The molecule has 2 rings (SSSR count). The van der Waals surface area contributed by atoms with Gasteiger partial charge < -0.3 is 10.2 Å². The molecule has 0 saturated carbocycles. The van der Waals surface area contributed by atoms with E-state index in [0.29, 0.717) is 27.7 Å². The van der Waals surface area contributed by atoms with Crippen LogP contribution in [0.2, 0.25) is 10.0 Å². The maximum absolute atomic E-state index is 13.5. The summed E-state index contributed by atoms with van der Waals surface area (Å²) in [6, 6.07) is 9.72. The average Bonchev–Trinajstić information content (AvgIpc) is 2.78. The number of carbonyl (C=O) groups is 2. The second-order valence-corrected chi connectivity index (χ2v) is 12.3. The summed E-state index contributed by atoms with van der Waals surface area (Å²) in [7, 11) is -3.56. The van der Waals surface area contributed by atoms with Crippen LogP contribution < -0.4 is 9.62 Å². The van der Waals surface area contributed by atoms with Gasteiger partial charge in [-0.1, -0.05) is 42.3 Å². The van der Waals surface area contributed by atoms with Gasteiger partial charge in [0.1, 0.15) is 6.04 Å². The molecule has 2 aromatic carbocycles. The molecule has 0 spiro atoms. The van der Waals surface area contributed by atoms with Gasteiger partial charge in [-0.15, -0.1) is 0 Å². The lowest BCUT2D eigenvalue weighted by Gasteiger charge is -2.32. The number of hydrogen-bond acceptors (Lipinski definition) is 4. The lowest BCUT2D eigenvalue weighted by atomic mass is 10.1. The second-order valence-electron chi connectivity index (χ2n) is 9.55. The molecule has 0 aliphatic carbocycles. The molecular formula is C27H37Cl2N3O4S. The SMILES string of the molecule is CC[C@@H](C(=O)NC(C)C)N(Cc1ccc(Cl)cc1Cl)C(=O)CCCN(c1ccc(C)c(C)c1)S(C)(=O)=O. The molecule has 204 valence electrons. The monoisotopic (exact) mass is 569 g/mol. The standard InChI is InChI=1S/C27H37Cl2N3O4S/c1-7-25(27(34)30-18(2)3)31(17-21-11-12-22(28)16-24(21)29)26(33)9-8-14-32(37(6,35)36)23-13-10-19(4)20(5)15-23/h10-13,15-16,18,25H,7-9,14,17H2,1-6H3,(H,30,34)/t25-/m0/s1. The smallest absolute Gasteiger partial charge is 0.243 e. The van der Waals surface area contributed by atoms with Crippen LogP contribution in [0.5, 0.6) is 0 Å². The zero-order chi connectivity index (χ0) is 27.9. The van der Waals surface area contributed by atoms with Crippen LogP contribution in [0.1, 0.15) is 56.7 Å². The number of benzene rings is 2. The Morgan fingerprint density at radius 3 is 2.24 bits per heavy atom. The van der Waals surface area contributed by atoms with E-state index in [0.717, 1.165) is 17.4 Å². The van der Waals surface area contributed by atoms with Gasteiger partial charge in [-0.05, 0) is 81.5 Å². The number of amides is 2. The summed E-state index contributed by atoms with van der Waals surface area (Å²) < 4.78 is 26.4. The Morgan fingerprint density at radius 2 is 1.70 bits per heavy atom. The number of carbonyl (C=O) groups excluding carboxylic acids is 2. The third kappa shape index (κ3) is 8.90. The van der Waals surface area contributed by atoms with E-state index in [-0.39, 0.29) is 43.8 Å². The van der Waals surface area contributed by atoms with Crippen LogP contribution in [0, 0.1) is 13.8 Å². The molecule has 1 N–H and O–H groups in total. The normalized spacial score (nSPS) is 12.4. The molecule has 0 unspecified atom stereocenters. The molecule has 0 aliphatic heterocycles. The van der Waals surface area contributed by atoms with Crippen molar-refractivity contribution in [3.63, 3.8) is 0 Å². The molecule has 0 aromatic heterocycles. The van der Waals surface area contributed by atoms with E-state index in [2.05, 4.69) is 5.32 Å². The van der Waals surface area contributed by atoms with Gasteiger partial charge in [-0.25, -0.2) is 8.42 Å². The largest absolute Gasteiger partial charge is 0.352 e. The van der Waals surface area contributed by atoms with Gasteiger partial charge in [0.25, 0.3) is 0 Å². The van der Waals surface area contributed by atoms with Gasteiger partial charge in [0.2, 0.25) is 21.8 Å². The molecule has 37 heavy (non-hydrogen) atoms. The first kappa shape index (κ1) is 30.9. The Balaban J connectivity index is 2.27. The van der Waals surface area contributed by atoms with E-state index in [1.807, 2.05) is 46.8 Å². The maximum Gasteiger partial charge on any atom is 0.243 e. The van der Waals surface area contributed by atoms with Crippen LogP contribution in [-0.2, 0) is 26.2 Å². The highest BCUT2D eigenvalue weighted by Crippen LogP contribution is 2.25. The van der Waals surface area contributed by atoms with Crippen LogP contribution in [0.4, 0.5) is 5.69 Å². The van der Waals surface area contributed by atoms with Gasteiger partial charge in [-0.2, -0.15) is 0 Å². The zero-order valence-electron chi connectivity index (χ0n) is 22.3. The molecular weight excluding hydrogens is 533 g/mol. The van der Waals surface area contributed by atoms with Crippen LogP contribution in [0.3, 0.4) is 0 Å². The Labute approximate surface area is 231 Å². The number of nitrogens with one attached hydrogen (secondary N) is 1. The van der Waals surface area contributed by atoms with Crippen molar-refractivity contribution in [2.24, 2.45) is 0 Å². The number of halogens is 2. The molecule has 2 amide bonds. The number of rotatable bonds is 12. The van der Waals surface area contributed by atoms with E-state index in [1.165, 1.54) is 9.21 Å². The predicted octanol–water partition coefficient (Wildman–Crippen LogP) is 5.49. The highest BCUT2D eigenvalue weighted by atomic mass is 35.5. The van der Waals surface area contributed by atoms with Crippen molar-refractivity contribution in [1.29, 1.82) is 0 Å². The molecule has 0 heterocycles. The summed E-state index contributed by atoms with van der Waals surface area (Å²) >= 11 is 12.4. The molecule has 0 radical (unpaired) electrons. The van der Waals surface area contributed by atoms with Crippen molar-refractivity contribution in [3.05, 3.63) is 63.1 Å². The van der Waals surface area contributed by atoms with E-state index in [4.69, 9.17) is 23.2 Å². The van der Waals surface area contributed by atoms with Crippen molar-refractivity contribution in [1.82, 2.24) is 10.2 Å². The molecule has 0 fully saturated rings. The molecule has 0 bridgehead atoms. The number of aryl methyl sites for hydroxylation is 2. The minimum absolute atomic E-state index is 0.0630. The van der Waals surface area contributed by atoms with E-state index in [1.54, 1.807) is 24.3 Å². The molecule has 7 nitrogen and oxygen atoms in total. The average molecular weight is 571 g/mol. The summed E-state index contributed by atoms with van der Waals surface area (Å²) in [6.45, 7) is 9.72. The predicted molar refractivity (Wildman–Crippen MR) is 152 cm³/mol. The van der Waals surface area contributed by atoms with Crippen molar-refractivity contribution in [2.75, 3.05) is 17.1 Å². The molecule has 2 aromatic rings. The third-order valence-electron chi connectivity index (χ3n) is 6.10. The first-order valence-electron chi connectivity index (χ1n) is 12.3. The molecule has 0 aliphatic rings. The van der Waals surface area contributed by atoms with E-state index < -0.39 is 16.1 Å². The number of sulfonamides is 1. The third-order valence-corrected chi connectivity index (χ3v) is 7.88. The van der Waals surface area contributed by atoms with Crippen molar-refractivity contribution < 1.29 is 18.0 Å². The topological polar surface area (TPSA) is 86.8 Å². The quantitative estimate of drug-likeness (QED) is 0.366. The van der Waals surface area contributed by atoms with Gasteiger partial charge in [0, 0.05) is 35.6 Å². The maximum atomic E-state index is 13.5. The summed E-state index contributed by atoms with van der Waals surface area (Å²) in [4.78, 5) is 28.0. The van der Waals surface area contributed by atoms with Crippen LogP contribution in [-0.4, -0.2) is 50.0 Å². The van der Waals surface area contributed by atoms with E-state index in [9.17, 15) is 18.0 Å². The highest BCUT2D eigenvalue weighted by Gasteiger charge is 2.29. The fraction of sp³-hybridized carbons (Fsp3) is 0.481. The zero-order valence-corrected chi connectivity index (χ0v) is 24.7. The van der Waals surface area contributed by atoms with Crippen molar-refractivity contribution in [3.8, 4) is 0 Å². The Morgan fingerprint density at radius 1 is 1.03 bits per heavy atom. The summed E-state index contributed by atoms with van der Waals surface area (Å²) in [6.07, 6.45) is 1.91. The second kappa shape index (κ2) is 13.5. The summed E-state index contributed by atoms with van der Waals surface area (Å²) in [5.74, 6) is -0.505. The lowest BCUT2D eigenvalue weighted by Crippen LogP contribution is -2.50. The Kier molecular flexibility index (Phi) is 11.3. The first-order chi connectivity index (χ1) is 17.2. The number of hydrogen-bond donors (Lipinski definition) is 1. The van der Waals surface area contributed by atoms with Crippen LogP contribution in [0.25, 0.3) is 0 Å². The fourth-order valence-corrected chi connectivity index (χ4v) is 5.44. The van der Waals surface area contributed by atoms with Crippen LogP contribution in [0.15, 0.2) is 36.4 Å². The van der Waals surface area contributed by atoms with Gasteiger partial charge >= 0.3 is 0 Å². The van der Waals surface area contributed by atoms with Crippen molar-refractivity contribution in [2.45, 2.75) is 72.5 Å². The minimum Gasteiger partial charge on any atom is -0.352 e. The number of anilines is 1. The molecule has 0 saturated heterocycles. The molecule has 10 heteroatoms. The molecule has 1 atom stereocenters. The minimum atomic E-state index is -3.56. The Bertz CT molecular complexity index is 1220. The summed E-state index contributed by atoms with van der Waals surface area (Å²) in [5.41, 5.74) is 3.28.